The lowest BCUT2D eigenvalue weighted by atomic mass is 10.1. The zero-order valence-electron chi connectivity index (χ0n) is 14.1. The summed E-state index contributed by atoms with van der Waals surface area (Å²) in [4.78, 5) is 2.34. The minimum atomic E-state index is 0.933. The quantitative estimate of drug-likeness (QED) is 0.554. The molecule has 0 radical (unpaired) electrons. The van der Waals surface area contributed by atoms with Gasteiger partial charge in [0.05, 0.1) is 0 Å². The van der Waals surface area contributed by atoms with Gasteiger partial charge in [-0.3, -0.25) is 0 Å². The van der Waals surface area contributed by atoms with Gasteiger partial charge >= 0.3 is 0 Å². The summed E-state index contributed by atoms with van der Waals surface area (Å²) in [5.74, 6) is 0. The summed E-state index contributed by atoms with van der Waals surface area (Å²) >= 11 is 0. The maximum Gasteiger partial charge on any atom is 0.0446 e. The minimum absolute atomic E-state index is 0.933. The highest BCUT2D eigenvalue weighted by molar-refractivity contribution is 5.94. The van der Waals surface area contributed by atoms with Crippen molar-refractivity contribution in [1.29, 1.82) is 0 Å². The lowest BCUT2D eigenvalue weighted by molar-refractivity contribution is 0.794. The van der Waals surface area contributed by atoms with Gasteiger partial charge in [-0.2, -0.15) is 0 Å². The van der Waals surface area contributed by atoms with E-state index in [1.54, 1.807) is 0 Å². The van der Waals surface area contributed by atoms with Crippen molar-refractivity contribution in [3.05, 3.63) is 77.9 Å². The fourth-order valence-corrected chi connectivity index (χ4v) is 3.09. The van der Waals surface area contributed by atoms with E-state index in [4.69, 9.17) is 0 Å². The molecule has 1 nitrogen and oxygen atoms in total. The van der Waals surface area contributed by atoms with Crippen LogP contribution in [0.2, 0.25) is 0 Å². The molecule has 118 valence electrons. The molecule has 0 unspecified atom stereocenters. The van der Waals surface area contributed by atoms with Crippen molar-refractivity contribution in [2.24, 2.45) is 0 Å². The van der Waals surface area contributed by atoms with E-state index in [0.29, 0.717) is 0 Å². The molecule has 0 bridgehead atoms. The molecule has 0 saturated heterocycles. The predicted octanol–water partition coefficient (Wildman–Crippen LogP) is 5.82. The molecule has 0 aliphatic heterocycles. The average molecular weight is 303 g/mol. The van der Waals surface area contributed by atoms with E-state index in [9.17, 15) is 0 Å². The maximum atomic E-state index is 2.34. The molecule has 0 saturated carbocycles. The van der Waals surface area contributed by atoms with Crippen molar-refractivity contribution in [3.8, 4) is 0 Å². The van der Waals surface area contributed by atoms with Crippen molar-refractivity contribution in [3.63, 3.8) is 0 Å². The Morgan fingerprint density at radius 2 is 1.48 bits per heavy atom. The van der Waals surface area contributed by atoms with Crippen molar-refractivity contribution in [2.75, 3.05) is 11.9 Å². The number of hydrogen-bond acceptors (Lipinski definition) is 1. The molecule has 3 aromatic carbocycles. The van der Waals surface area contributed by atoms with Gasteiger partial charge in [0.1, 0.15) is 0 Å². The highest BCUT2D eigenvalue weighted by atomic mass is 15.1. The average Bonchev–Trinajstić information content (AvgIpc) is 2.60. The molecule has 1 heteroatoms. The number of anilines is 1. The standard InChI is InChI=1S/C22H25N/c1-3-4-8-18-13-15-19(16-14-18)17-23(2)22-12-7-10-20-9-5-6-11-21(20)22/h5-7,9-16H,3-4,8,17H2,1-2H3. The van der Waals surface area contributed by atoms with Crippen LogP contribution in [0.1, 0.15) is 30.9 Å². The molecular weight excluding hydrogens is 278 g/mol. The Bertz CT molecular complexity index is 753. The van der Waals surface area contributed by atoms with E-state index in [1.165, 1.54) is 46.8 Å². The number of fused-ring (bicyclic) bond motifs is 1. The highest BCUT2D eigenvalue weighted by Crippen LogP contribution is 2.26. The van der Waals surface area contributed by atoms with Gasteiger partial charge in [0.25, 0.3) is 0 Å². The van der Waals surface area contributed by atoms with Gasteiger partial charge in [-0.25, -0.2) is 0 Å². The number of unbranched alkanes of at least 4 members (excludes halogenated alkanes) is 1. The normalized spacial score (nSPS) is 10.9. The highest BCUT2D eigenvalue weighted by Gasteiger charge is 2.06. The Morgan fingerprint density at radius 1 is 0.783 bits per heavy atom. The van der Waals surface area contributed by atoms with Gasteiger partial charge in [-0.15, -0.1) is 0 Å². The van der Waals surface area contributed by atoms with E-state index in [-0.39, 0.29) is 0 Å². The van der Waals surface area contributed by atoms with Crippen LogP contribution < -0.4 is 4.90 Å². The second-order valence-corrected chi connectivity index (χ2v) is 6.27. The van der Waals surface area contributed by atoms with E-state index in [1.807, 2.05) is 0 Å². The summed E-state index contributed by atoms with van der Waals surface area (Å²) in [5.41, 5.74) is 4.10. The van der Waals surface area contributed by atoms with Crippen molar-refractivity contribution in [1.82, 2.24) is 0 Å². The smallest absolute Gasteiger partial charge is 0.0446 e. The third-order valence-corrected chi connectivity index (χ3v) is 4.44. The fourth-order valence-electron chi connectivity index (χ4n) is 3.09. The van der Waals surface area contributed by atoms with Crippen LogP contribution in [0.25, 0.3) is 10.8 Å². The Balaban J connectivity index is 1.76. The summed E-state index contributed by atoms with van der Waals surface area (Å²) in [5, 5.41) is 2.61. The van der Waals surface area contributed by atoms with E-state index in [0.717, 1.165) is 6.54 Å². The number of nitrogens with zero attached hydrogens (tertiary/aromatic N) is 1. The first-order chi connectivity index (χ1) is 11.3. The molecule has 0 atom stereocenters. The number of rotatable bonds is 6. The van der Waals surface area contributed by atoms with Gasteiger partial charge in [-0.05, 0) is 35.4 Å². The molecule has 0 aliphatic rings. The molecule has 0 fully saturated rings. The van der Waals surface area contributed by atoms with Crippen LogP contribution in [0, 0.1) is 0 Å². The van der Waals surface area contributed by atoms with E-state index < -0.39 is 0 Å². The summed E-state index contributed by atoms with van der Waals surface area (Å²) < 4.78 is 0. The topological polar surface area (TPSA) is 3.24 Å². The lowest BCUT2D eigenvalue weighted by Crippen LogP contribution is -2.16. The lowest BCUT2D eigenvalue weighted by Gasteiger charge is -2.21. The first kappa shape index (κ1) is 15.6. The van der Waals surface area contributed by atoms with Crippen LogP contribution >= 0.6 is 0 Å². The Morgan fingerprint density at radius 3 is 2.26 bits per heavy atom. The second-order valence-electron chi connectivity index (χ2n) is 6.27. The van der Waals surface area contributed by atoms with Crippen LogP contribution in [0.5, 0.6) is 0 Å². The molecule has 0 aliphatic carbocycles. The predicted molar refractivity (Wildman–Crippen MR) is 101 cm³/mol. The van der Waals surface area contributed by atoms with E-state index in [2.05, 4.69) is 85.6 Å². The molecule has 23 heavy (non-hydrogen) atoms. The summed E-state index contributed by atoms with van der Waals surface area (Å²) in [6.07, 6.45) is 3.72. The van der Waals surface area contributed by atoms with Gasteiger partial charge < -0.3 is 4.90 Å². The van der Waals surface area contributed by atoms with Gasteiger partial charge in [0, 0.05) is 24.7 Å². The van der Waals surface area contributed by atoms with Crippen LogP contribution in [-0.4, -0.2) is 7.05 Å². The number of aryl methyl sites for hydroxylation is 1. The summed E-state index contributed by atoms with van der Waals surface area (Å²) in [7, 11) is 2.17. The fraction of sp³-hybridized carbons (Fsp3) is 0.273. The van der Waals surface area contributed by atoms with Crippen molar-refractivity contribution in [2.45, 2.75) is 32.7 Å². The zero-order chi connectivity index (χ0) is 16.1. The van der Waals surface area contributed by atoms with Gasteiger partial charge in [-0.1, -0.05) is 74.0 Å². The first-order valence-corrected chi connectivity index (χ1v) is 8.54. The Hall–Kier alpha value is -2.28. The first-order valence-electron chi connectivity index (χ1n) is 8.54. The molecule has 0 spiro atoms. The molecule has 0 amide bonds. The molecule has 0 N–H and O–H groups in total. The molecule has 3 aromatic rings. The van der Waals surface area contributed by atoms with Crippen LogP contribution in [0.3, 0.4) is 0 Å². The maximum absolute atomic E-state index is 2.34. The summed E-state index contributed by atoms with van der Waals surface area (Å²) in [6.45, 7) is 3.18. The molecule has 3 rings (SSSR count). The van der Waals surface area contributed by atoms with Gasteiger partial charge in [0.15, 0.2) is 0 Å². The van der Waals surface area contributed by atoms with Crippen LogP contribution in [-0.2, 0) is 13.0 Å². The van der Waals surface area contributed by atoms with E-state index >= 15 is 0 Å². The zero-order valence-corrected chi connectivity index (χ0v) is 14.1. The van der Waals surface area contributed by atoms with Crippen molar-refractivity contribution < 1.29 is 0 Å². The third kappa shape index (κ3) is 3.73. The molecular formula is C22H25N. The Kier molecular flexibility index (Phi) is 4.97. The number of hydrogen-bond donors (Lipinski definition) is 0. The van der Waals surface area contributed by atoms with Crippen molar-refractivity contribution >= 4 is 16.5 Å². The van der Waals surface area contributed by atoms with Gasteiger partial charge in [0.2, 0.25) is 0 Å². The second kappa shape index (κ2) is 7.32. The molecule has 0 aromatic heterocycles. The minimum Gasteiger partial charge on any atom is -0.370 e. The SMILES string of the molecule is CCCCc1ccc(CN(C)c2cccc3ccccc23)cc1. The van der Waals surface area contributed by atoms with Crippen LogP contribution in [0.4, 0.5) is 5.69 Å². The largest absolute Gasteiger partial charge is 0.370 e. The number of benzene rings is 3. The van der Waals surface area contributed by atoms with Crippen LogP contribution in [0.15, 0.2) is 66.7 Å². The third-order valence-electron chi connectivity index (χ3n) is 4.44. The Labute approximate surface area is 139 Å². The molecule has 0 heterocycles. The summed E-state index contributed by atoms with van der Waals surface area (Å²) in [6, 6.07) is 24.2. The monoisotopic (exact) mass is 303 g/mol.